The number of nitrogens with zero attached hydrogens (tertiary/aromatic N) is 3. The van der Waals surface area contributed by atoms with E-state index in [1.54, 1.807) is 7.11 Å². The molecule has 4 rings (SSSR count). The lowest BCUT2D eigenvalue weighted by molar-refractivity contribution is 0.415. The first-order valence-corrected chi connectivity index (χ1v) is 9.45. The van der Waals surface area contributed by atoms with Gasteiger partial charge in [0, 0.05) is 5.56 Å². The van der Waals surface area contributed by atoms with Gasteiger partial charge in [0.15, 0.2) is 5.52 Å². The first kappa shape index (κ1) is 17.4. The van der Waals surface area contributed by atoms with Gasteiger partial charge in [-0.15, -0.1) is 11.3 Å². The number of hydrogen-bond acceptors (Lipinski definition) is 5. The molecule has 27 heavy (non-hydrogen) atoms. The van der Waals surface area contributed by atoms with Crippen LogP contribution in [0.15, 0.2) is 53.3 Å². The fraction of sp³-hybridized carbons (Fsp3) is 0.190. The molecular weight excluding hydrogens is 358 g/mol. The topological polar surface area (TPSA) is 57.0 Å². The lowest BCUT2D eigenvalue weighted by Gasteiger charge is -2.10. The monoisotopic (exact) mass is 377 g/mol. The lowest BCUT2D eigenvalue weighted by Crippen LogP contribution is -2.24. The molecule has 0 aliphatic heterocycles. The third-order valence-electron chi connectivity index (χ3n) is 4.39. The summed E-state index contributed by atoms with van der Waals surface area (Å²) in [7, 11) is 1.64. The maximum Gasteiger partial charge on any atom is 0.294 e. The van der Waals surface area contributed by atoms with Gasteiger partial charge >= 0.3 is 0 Å². The smallest absolute Gasteiger partial charge is 0.294 e. The van der Waals surface area contributed by atoms with Crippen molar-refractivity contribution in [3.63, 3.8) is 0 Å². The van der Waals surface area contributed by atoms with Gasteiger partial charge in [-0.05, 0) is 43.7 Å². The van der Waals surface area contributed by atoms with Crippen molar-refractivity contribution in [2.45, 2.75) is 20.4 Å². The SMILES string of the molecule is COc1ccc(-c2nn(Cc3cccc(C)c3)c(=O)c3nc(C)sc23)cc1. The minimum Gasteiger partial charge on any atom is -0.497 e. The molecule has 2 aromatic heterocycles. The number of aromatic nitrogens is 3. The molecule has 136 valence electrons. The van der Waals surface area contributed by atoms with E-state index in [1.165, 1.54) is 16.0 Å². The van der Waals surface area contributed by atoms with Crippen LogP contribution >= 0.6 is 11.3 Å². The molecule has 0 N–H and O–H groups in total. The number of ether oxygens (including phenoxy) is 1. The molecule has 0 unspecified atom stereocenters. The fourth-order valence-corrected chi connectivity index (χ4v) is 4.01. The van der Waals surface area contributed by atoms with Gasteiger partial charge in [-0.2, -0.15) is 5.10 Å². The molecule has 5 nitrogen and oxygen atoms in total. The Bertz CT molecular complexity index is 1180. The second kappa shape index (κ2) is 6.96. The normalized spacial score (nSPS) is 11.1. The number of aryl methyl sites for hydroxylation is 2. The first-order valence-electron chi connectivity index (χ1n) is 8.63. The maximum atomic E-state index is 12.9. The molecular formula is C21H19N3O2S. The van der Waals surface area contributed by atoms with Crippen molar-refractivity contribution < 1.29 is 4.74 Å². The van der Waals surface area contributed by atoms with Gasteiger partial charge in [0.25, 0.3) is 5.56 Å². The highest BCUT2D eigenvalue weighted by atomic mass is 32.1. The van der Waals surface area contributed by atoms with E-state index in [0.29, 0.717) is 12.1 Å². The van der Waals surface area contributed by atoms with Crippen molar-refractivity contribution >= 4 is 21.6 Å². The van der Waals surface area contributed by atoms with Gasteiger partial charge in [-0.25, -0.2) is 9.67 Å². The summed E-state index contributed by atoms with van der Waals surface area (Å²) in [6, 6.07) is 15.8. The molecule has 0 atom stereocenters. The maximum absolute atomic E-state index is 12.9. The first-order chi connectivity index (χ1) is 13.0. The van der Waals surface area contributed by atoms with Crippen molar-refractivity contribution in [2.75, 3.05) is 7.11 Å². The summed E-state index contributed by atoms with van der Waals surface area (Å²) >= 11 is 1.50. The summed E-state index contributed by atoms with van der Waals surface area (Å²) in [6.45, 7) is 4.36. The molecule has 6 heteroatoms. The number of rotatable bonds is 4. The van der Waals surface area contributed by atoms with Crippen LogP contribution in [0, 0.1) is 13.8 Å². The molecule has 0 saturated carbocycles. The highest BCUT2D eigenvalue weighted by Gasteiger charge is 2.16. The van der Waals surface area contributed by atoms with Crippen LogP contribution in [-0.4, -0.2) is 21.9 Å². The van der Waals surface area contributed by atoms with E-state index in [2.05, 4.69) is 11.1 Å². The highest BCUT2D eigenvalue weighted by molar-refractivity contribution is 7.19. The van der Waals surface area contributed by atoms with Gasteiger partial charge in [0.05, 0.1) is 23.4 Å². The van der Waals surface area contributed by atoms with Crippen LogP contribution in [0.25, 0.3) is 21.5 Å². The van der Waals surface area contributed by atoms with E-state index >= 15 is 0 Å². The standard InChI is InChI=1S/C21H19N3O2S/c1-13-5-4-6-15(11-13)12-24-21(25)19-20(27-14(2)22-19)18(23-24)16-7-9-17(26-3)10-8-16/h4-11H,12H2,1-3H3. The largest absolute Gasteiger partial charge is 0.497 e. The van der Waals surface area contributed by atoms with Gasteiger partial charge in [0.2, 0.25) is 0 Å². The van der Waals surface area contributed by atoms with Gasteiger partial charge in [-0.1, -0.05) is 29.8 Å². The summed E-state index contributed by atoms with van der Waals surface area (Å²) in [5.41, 5.74) is 4.21. The minimum absolute atomic E-state index is 0.159. The third kappa shape index (κ3) is 3.36. The molecule has 0 radical (unpaired) electrons. The molecule has 0 aliphatic rings. The molecule has 0 aliphatic carbocycles. The number of methoxy groups -OCH3 is 1. The molecule has 0 saturated heterocycles. The van der Waals surface area contributed by atoms with Crippen LogP contribution < -0.4 is 10.3 Å². The Hall–Kier alpha value is -2.99. The summed E-state index contributed by atoms with van der Waals surface area (Å²) in [6.07, 6.45) is 0. The Balaban J connectivity index is 1.89. The third-order valence-corrected chi connectivity index (χ3v) is 5.36. The predicted molar refractivity (Wildman–Crippen MR) is 109 cm³/mol. The summed E-state index contributed by atoms with van der Waals surface area (Å²) in [5, 5.41) is 5.55. The highest BCUT2D eigenvalue weighted by Crippen LogP contribution is 2.30. The number of hydrogen-bond donors (Lipinski definition) is 0. The molecule has 0 spiro atoms. The Morgan fingerprint density at radius 3 is 2.59 bits per heavy atom. The van der Waals surface area contributed by atoms with E-state index in [-0.39, 0.29) is 5.56 Å². The molecule has 2 aromatic carbocycles. The van der Waals surface area contributed by atoms with Crippen molar-refractivity contribution in [1.82, 2.24) is 14.8 Å². The predicted octanol–water partition coefficient (Wildman–Crippen LogP) is 4.19. The zero-order chi connectivity index (χ0) is 19.0. The second-order valence-corrected chi connectivity index (χ2v) is 7.64. The van der Waals surface area contributed by atoms with Gasteiger partial charge in [0.1, 0.15) is 11.4 Å². The van der Waals surface area contributed by atoms with Crippen molar-refractivity contribution in [2.24, 2.45) is 0 Å². The Morgan fingerprint density at radius 1 is 1.11 bits per heavy atom. The summed E-state index contributed by atoms with van der Waals surface area (Å²) < 4.78 is 7.58. The van der Waals surface area contributed by atoms with Crippen LogP contribution in [0.2, 0.25) is 0 Å². The Morgan fingerprint density at radius 2 is 1.89 bits per heavy atom. The molecule has 2 heterocycles. The number of thiazole rings is 1. The number of benzene rings is 2. The summed E-state index contributed by atoms with van der Waals surface area (Å²) in [5.74, 6) is 0.781. The van der Waals surface area contributed by atoms with E-state index in [0.717, 1.165) is 37.8 Å². The zero-order valence-electron chi connectivity index (χ0n) is 15.4. The lowest BCUT2D eigenvalue weighted by atomic mass is 10.1. The average molecular weight is 377 g/mol. The Kier molecular flexibility index (Phi) is 4.49. The van der Waals surface area contributed by atoms with Crippen LogP contribution in [-0.2, 0) is 6.54 Å². The van der Waals surface area contributed by atoms with Crippen LogP contribution in [0.1, 0.15) is 16.1 Å². The zero-order valence-corrected chi connectivity index (χ0v) is 16.2. The van der Waals surface area contributed by atoms with E-state index in [4.69, 9.17) is 9.84 Å². The van der Waals surface area contributed by atoms with E-state index in [1.807, 2.05) is 56.3 Å². The fourth-order valence-electron chi connectivity index (χ4n) is 3.09. The van der Waals surface area contributed by atoms with Crippen LogP contribution in [0.5, 0.6) is 5.75 Å². The molecule has 0 bridgehead atoms. The quantitative estimate of drug-likeness (QED) is 0.535. The average Bonchev–Trinajstić information content (AvgIpc) is 3.06. The van der Waals surface area contributed by atoms with Crippen molar-refractivity contribution in [1.29, 1.82) is 0 Å². The van der Waals surface area contributed by atoms with Gasteiger partial charge < -0.3 is 4.74 Å². The van der Waals surface area contributed by atoms with Crippen molar-refractivity contribution in [3.05, 3.63) is 75.0 Å². The van der Waals surface area contributed by atoms with E-state index in [9.17, 15) is 4.79 Å². The van der Waals surface area contributed by atoms with Crippen molar-refractivity contribution in [3.8, 4) is 17.0 Å². The van der Waals surface area contributed by atoms with Crippen LogP contribution in [0.4, 0.5) is 0 Å². The minimum atomic E-state index is -0.159. The summed E-state index contributed by atoms with van der Waals surface area (Å²) in [4.78, 5) is 17.4. The Labute approximate surface area is 160 Å². The molecule has 4 aromatic rings. The van der Waals surface area contributed by atoms with Crippen LogP contribution in [0.3, 0.4) is 0 Å². The number of fused-ring (bicyclic) bond motifs is 1. The van der Waals surface area contributed by atoms with E-state index < -0.39 is 0 Å². The van der Waals surface area contributed by atoms with Gasteiger partial charge in [-0.3, -0.25) is 4.79 Å². The molecule has 0 fully saturated rings. The second-order valence-electron chi connectivity index (χ2n) is 6.44. The molecule has 0 amide bonds.